The summed E-state index contributed by atoms with van der Waals surface area (Å²) in [6, 6.07) is 0.0774. The molecule has 1 aliphatic rings. The fraction of sp³-hybridized carbons (Fsp3) is 0.917. The Morgan fingerprint density at radius 1 is 1.62 bits per heavy atom. The number of rotatable bonds is 5. The Kier molecular flexibility index (Phi) is 5.77. The summed E-state index contributed by atoms with van der Waals surface area (Å²) in [6.45, 7) is 5.69. The molecule has 1 rings (SSSR count). The van der Waals surface area contributed by atoms with Crippen LogP contribution in [0.5, 0.6) is 0 Å². The van der Waals surface area contributed by atoms with Gasteiger partial charge in [-0.3, -0.25) is 10.1 Å². The molecule has 0 aromatic rings. The van der Waals surface area contributed by atoms with E-state index in [0.717, 1.165) is 25.9 Å². The van der Waals surface area contributed by atoms with E-state index in [1.807, 2.05) is 0 Å². The lowest BCUT2D eigenvalue weighted by Gasteiger charge is -2.29. The first kappa shape index (κ1) is 13.5. The van der Waals surface area contributed by atoms with Crippen LogP contribution in [0.3, 0.4) is 0 Å². The number of hydrogen-bond acceptors (Lipinski definition) is 4. The molecule has 3 atom stereocenters. The highest BCUT2D eigenvalue weighted by atomic mass is 16.5. The number of carbonyl (C=O) groups excluding carboxylic acids is 1. The van der Waals surface area contributed by atoms with Crippen LogP contribution in [0.1, 0.15) is 33.1 Å². The zero-order valence-corrected chi connectivity index (χ0v) is 10.5. The molecule has 0 amide bonds. The first-order valence-electron chi connectivity index (χ1n) is 6.10. The largest absolute Gasteiger partial charge is 0.468 e. The standard InChI is InChI=1S/C12H23NO3/c1-4-9(2)11(12(14)15-3)13-10-6-5-7-16-8-10/h9-11,13H,4-8H2,1-3H3. The molecular formula is C12H23NO3. The molecule has 1 aliphatic heterocycles. The van der Waals surface area contributed by atoms with Crippen molar-refractivity contribution in [3.05, 3.63) is 0 Å². The van der Waals surface area contributed by atoms with Crippen LogP contribution in [0.4, 0.5) is 0 Å². The van der Waals surface area contributed by atoms with E-state index in [-0.39, 0.29) is 24.0 Å². The van der Waals surface area contributed by atoms with Gasteiger partial charge in [-0.1, -0.05) is 20.3 Å². The van der Waals surface area contributed by atoms with E-state index in [2.05, 4.69) is 19.2 Å². The highest BCUT2D eigenvalue weighted by Gasteiger charge is 2.28. The van der Waals surface area contributed by atoms with Gasteiger partial charge in [0.2, 0.25) is 0 Å². The maximum atomic E-state index is 11.7. The third-order valence-corrected chi connectivity index (χ3v) is 3.24. The molecule has 4 nitrogen and oxygen atoms in total. The molecule has 0 aromatic heterocycles. The zero-order valence-electron chi connectivity index (χ0n) is 10.5. The highest BCUT2D eigenvalue weighted by molar-refractivity contribution is 5.76. The van der Waals surface area contributed by atoms with Crippen molar-refractivity contribution in [3.8, 4) is 0 Å². The van der Waals surface area contributed by atoms with Gasteiger partial charge in [-0.25, -0.2) is 0 Å². The minimum atomic E-state index is -0.207. The number of carbonyl (C=O) groups is 1. The van der Waals surface area contributed by atoms with Crippen molar-refractivity contribution in [3.63, 3.8) is 0 Å². The van der Waals surface area contributed by atoms with Crippen molar-refractivity contribution >= 4 is 5.97 Å². The van der Waals surface area contributed by atoms with Crippen LogP contribution in [0.15, 0.2) is 0 Å². The molecule has 94 valence electrons. The van der Waals surface area contributed by atoms with E-state index in [4.69, 9.17) is 9.47 Å². The van der Waals surface area contributed by atoms with Crippen molar-refractivity contribution in [2.45, 2.75) is 45.2 Å². The highest BCUT2D eigenvalue weighted by Crippen LogP contribution is 2.13. The molecule has 1 fully saturated rings. The minimum absolute atomic E-state index is 0.167. The second-order valence-electron chi connectivity index (χ2n) is 4.47. The third kappa shape index (κ3) is 3.76. The van der Waals surface area contributed by atoms with Crippen LogP contribution in [0, 0.1) is 5.92 Å². The monoisotopic (exact) mass is 229 g/mol. The van der Waals surface area contributed by atoms with Crippen LogP contribution in [0.25, 0.3) is 0 Å². The Balaban J connectivity index is 2.51. The van der Waals surface area contributed by atoms with Crippen molar-refractivity contribution in [2.24, 2.45) is 5.92 Å². The first-order chi connectivity index (χ1) is 7.69. The van der Waals surface area contributed by atoms with Crippen LogP contribution in [0.2, 0.25) is 0 Å². The number of hydrogen-bond donors (Lipinski definition) is 1. The van der Waals surface area contributed by atoms with Gasteiger partial charge in [0.25, 0.3) is 0 Å². The minimum Gasteiger partial charge on any atom is -0.468 e. The Hall–Kier alpha value is -0.610. The molecule has 16 heavy (non-hydrogen) atoms. The van der Waals surface area contributed by atoms with Crippen LogP contribution in [-0.2, 0) is 14.3 Å². The fourth-order valence-corrected chi connectivity index (χ4v) is 1.95. The number of ether oxygens (including phenoxy) is 2. The molecule has 0 aromatic carbocycles. The molecular weight excluding hydrogens is 206 g/mol. The van der Waals surface area contributed by atoms with Gasteiger partial charge in [-0.15, -0.1) is 0 Å². The van der Waals surface area contributed by atoms with Gasteiger partial charge in [0.15, 0.2) is 0 Å². The molecule has 1 N–H and O–H groups in total. The van der Waals surface area contributed by atoms with Crippen molar-refractivity contribution in [1.29, 1.82) is 0 Å². The summed E-state index contributed by atoms with van der Waals surface area (Å²) in [5.74, 6) is 0.120. The zero-order chi connectivity index (χ0) is 12.0. The predicted molar refractivity (Wildman–Crippen MR) is 62.2 cm³/mol. The fourth-order valence-electron chi connectivity index (χ4n) is 1.95. The van der Waals surface area contributed by atoms with Crippen molar-refractivity contribution in [1.82, 2.24) is 5.32 Å². The summed E-state index contributed by atoms with van der Waals surface area (Å²) < 4.78 is 10.2. The van der Waals surface area contributed by atoms with E-state index >= 15 is 0 Å². The summed E-state index contributed by atoms with van der Waals surface area (Å²) >= 11 is 0. The van der Waals surface area contributed by atoms with Crippen LogP contribution >= 0.6 is 0 Å². The normalized spacial score (nSPS) is 24.8. The average Bonchev–Trinajstić information content (AvgIpc) is 2.35. The van der Waals surface area contributed by atoms with Gasteiger partial charge in [0, 0.05) is 12.6 Å². The quantitative estimate of drug-likeness (QED) is 0.723. The molecule has 0 aliphatic carbocycles. The molecule has 1 saturated heterocycles. The van der Waals surface area contributed by atoms with Gasteiger partial charge in [0.1, 0.15) is 6.04 Å². The van der Waals surface area contributed by atoms with Gasteiger partial charge < -0.3 is 9.47 Å². The summed E-state index contributed by atoms with van der Waals surface area (Å²) in [5, 5.41) is 3.36. The lowest BCUT2D eigenvalue weighted by atomic mass is 9.97. The Bertz CT molecular complexity index is 214. The average molecular weight is 229 g/mol. The lowest BCUT2D eigenvalue weighted by Crippen LogP contribution is -2.50. The molecule has 4 heteroatoms. The number of methoxy groups -OCH3 is 1. The number of esters is 1. The molecule has 0 radical (unpaired) electrons. The molecule has 3 unspecified atom stereocenters. The predicted octanol–water partition coefficient (Wildman–Crippen LogP) is 1.34. The van der Waals surface area contributed by atoms with Gasteiger partial charge >= 0.3 is 5.97 Å². The van der Waals surface area contributed by atoms with Gasteiger partial charge in [-0.2, -0.15) is 0 Å². The Morgan fingerprint density at radius 3 is 2.88 bits per heavy atom. The maximum Gasteiger partial charge on any atom is 0.323 e. The topological polar surface area (TPSA) is 47.6 Å². The second kappa shape index (κ2) is 6.86. The molecule has 0 saturated carbocycles. The van der Waals surface area contributed by atoms with Crippen molar-refractivity contribution in [2.75, 3.05) is 20.3 Å². The van der Waals surface area contributed by atoms with E-state index in [9.17, 15) is 4.79 Å². The lowest BCUT2D eigenvalue weighted by molar-refractivity contribution is -0.145. The van der Waals surface area contributed by atoms with Crippen LogP contribution < -0.4 is 5.32 Å². The smallest absolute Gasteiger partial charge is 0.323 e. The van der Waals surface area contributed by atoms with E-state index in [1.165, 1.54) is 7.11 Å². The SMILES string of the molecule is CCC(C)C(NC1CCCOC1)C(=O)OC. The van der Waals surface area contributed by atoms with E-state index < -0.39 is 0 Å². The van der Waals surface area contributed by atoms with Gasteiger partial charge in [0.05, 0.1) is 13.7 Å². The summed E-state index contributed by atoms with van der Waals surface area (Å²) in [6.07, 6.45) is 3.09. The van der Waals surface area contributed by atoms with Crippen LogP contribution in [-0.4, -0.2) is 38.4 Å². The van der Waals surface area contributed by atoms with E-state index in [0.29, 0.717) is 6.61 Å². The Morgan fingerprint density at radius 2 is 2.38 bits per heavy atom. The first-order valence-corrected chi connectivity index (χ1v) is 6.10. The summed E-state index contributed by atoms with van der Waals surface area (Å²) in [4.78, 5) is 11.7. The van der Waals surface area contributed by atoms with Gasteiger partial charge in [-0.05, 0) is 18.8 Å². The molecule has 0 bridgehead atoms. The maximum absolute atomic E-state index is 11.7. The Labute approximate surface area is 97.7 Å². The summed E-state index contributed by atoms with van der Waals surface area (Å²) in [5.41, 5.74) is 0. The second-order valence-corrected chi connectivity index (χ2v) is 4.47. The molecule has 1 heterocycles. The summed E-state index contributed by atoms with van der Waals surface area (Å²) in [7, 11) is 1.44. The third-order valence-electron chi connectivity index (χ3n) is 3.24. The van der Waals surface area contributed by atoms with E-state index in [1.54, 1.807) is 0 Å². The van der Waals surface area contributed by atoms with Crippen molar-refractivity contribution < 1.29 is 14.3 Å². The molecule has 0 spiro atoms. The number of nitrogens with one attached hydrogen (secondary N) is 1.